The molecule has 0 bridgehead atoms. The highest BCUT2D eigenvalue weighted by atomic mass is 127. The molecule has 1 aliphatic heterocycles. The lowest BCUT2D eigenvalue weighted by Gasteiger charge is -2.37. The molecule has 178 valence electrons. The third-order valence-electron chi connectivity index (χ3n) is 5.31. The van der Waals surface area contributed by atoms with E-state index in [2.05, 4.69) is 15.2 Å². The molecular weight excluding hydrogens is 519 g/mol. The Morgan fingerprint density at radius 1 is 1.20 bits per heavy atom. The number of amides is 1. The number of nitrogens with zero attached hydrogens (tertiary/aromatic N) is 3. The van der Waals surface area contributed by atoms with Crippen LogP contribution in [0.5, 0.6) is 0 Å². The second-order valence-electron chi connectivity index (χ2n) is 9.38. The van der Waals surface area contributed by atoms with Crippen LogP contribution in [0.2, 0.25) is 0 Å². The van der Waals surface area contributed by atoms with E-state index in [-0.39, 0.29) is 30.1 Å². The zero-order valence-corrected chi connectivity index (χ0v) is 23.0. The molecule has 0 aromatic carbocycles. The minimum atomic E-state index is -3.17. The summed E-state index contributed by atoms with van der Waals surface area (Å²) in [6, 6.07) is 0. The maximum absolute atomic E-state index is 12.4. The zero-order valence-electron chi connectivity index (χ0n) is 19.8. The summed E-state index contributed by atoms with van der Waals surface area (Å²) in [5.41, 5.74) is -0.494. The molecule has 0 spiro atoms. The highest BCUT2D eigenvalue weighted by Gasteiger charge is 2.32. The number of carbonyl (C=O) groups excluding carboxylic acids is 1. The number of sulfone groups is 1. The number of carbonyl (C=O) groups is 1. The molecule has 1 heterocycles. The van der Waals surface area contributed by atoms with Gasteiger partial charge in [-0.2, -0.15) is 0 Å². The lowest BCUT2D eigenvalue weighted by molar-refractivity contribution is 0.0214. The van der Waals surface area contributed by atoms with Crippen molar-refractivity contribution in [3.8, 4) is 0 Å². The van der Waals surface area contributed by atoms with Gasteiger partial charge in [0, 0.05) is 46.0 Å². The minimum absolute atomic E-state index is 0. The Morgan fingerprint density at radius 3 is 2.13 bits per heavy atom. The molecule has 0 unspecified atom stereocenters. The summed E-state index contributed by atoms with van der Waals surface area (Å²) >= 11 is 0. The summed E-state index contributed by atoms with van der Waals surface area (Å²) in [4.78, 5) is 20.6. The van der Waals surface area contributed by atoms with Crippen LogP contribution < -0.4 is 5.32 Å². The molecule has 0 aromatic heterocycles. The molecule has 1 N–H and O–H groups in total. The maximum atomic E-state index is 12.4. The van der Waals surface area contributed by atoms with Gasteiger partial charge >= 0.3 is 6.09 Å². The fraction of sp³-hybridized carbons (Fsp3) is 0.900. The van der Waals surface area contributed by atoms with Gasteiger partial charge < -0.3 is 19.9 Å². The Labute approximate surface area is 200 Å². The standard InChI is InChI=1S/C20H40N4O4S.HI/c1-9-23(18(25)28-19(2,3)4)14-16-10-12-24(13-11-16)17(21-7)22-15-20(5,6)29(8,26)27;/h16H,9-15H2,1-8H3,(H,21,22);1H. The van der Waals surface area contributed by atoms with E-state index >= 15 is 0 Å². The minimum Gasteiger partial charge on any atom is -0.444 e. The van der Waals surface area contributed by atoms with Crippen molar-refractivity contribution < 1.29 is 17.9 Å². The molecule has 1 saturated heterocycles. The molecule has 0 radical (unpaired) electrons. The topological polar surface area (TPSA) is 91.3 Å². The van der Waals surface area contributed by atoms with Gasteiger partial charge in [0.15, 0.2) is 15.8 Å². The van der Waals surface area contributed by atoms with Crippen LogP contribution >= 0.6 is 24.0 Å². The molecule has 10 heteroatoms. The summed E-state index contributed by atoms with van der Waals surface area (Å²) in [6.07, 6.45) is 2.88. The summed E-state index contributed by atoms with van der Waals surface area (Å²) in [5, 5.41) is 3.21. The molecule has 0 saturated carbocycles. The van der Waals surface area contributed by atoms with E-state index in [4.69, 9.17) is 4.74 Å². The van der Waals surface area contributed by atoms with E-state index in [1.165, 1.54) is 6.26 Å². The SMILES string of the molecule is CCN(CC1CCN(C(=NC)NCC(C)(C)S(C)(=O)=O)CC1)C(=O)OC(C)(C)C.I. The Kier molecular flexibility index (Phi) is 11.4. The number of nitrogens with one attached hydrogen (secondary N) is 1. The lowest BCUT2D eigenvalue weighted by Crippen LogP contribution is -2.51. The van der Waals surface area contributed by atoms with E-state index in [1.807, 2.05) is 27.7 Å². The first-order chi connectivity index (χ1) is 13.2. The fourth-order valence-electron chi connectivity index (χ4n) is 3.05. The monoisotopic (exact) mass is 560 g/mol. The zero-order chi connectivity index (χ0) is 22.5. The van der Waals surface area contributed by atoms with Gasteiger partial charge in [0.1, 0.15) is 5.60 Å². The van der Waals surface area contributed by atoms with E-state index in [0.29, 0.717) is 25.6 Å². The van der Waals surface area contributed by atoms with E-state index in [1.54, 1.807) is 25.8 Å². The summed E-state index contributed by atoms with van der Waals surface area (Å²) < 4.78 is 28.5. The summed E-state index contributed by atoms with van der Waals surface area (Å²) in [5.74, 6) is 1.13. The van der Waals surface area contributed by atoms with E-state index in [9.17, 15) is 13.2 Å². The molecular formula is C20H41IN4O4S. The Bertz CT molecular complexity index is 681. The number of halogens is 1. The van der Waals surface area contributed by atoms with E-state index in [0.717, 1.165) is 31.9 Å². The van der Waals surface area contributed by atoms with Crippen LogP contribution in [0.4, 0.5) is 4.79 Å². The molecule has 0 atom stereocenters. The third kappa shape index (κ3) is 9.15. The molecule has 1 rings (SSSR count). The number of ether oxygens (including phenoxy) is 1. The predicted octanol–water partition coefficient (Wildman–Crippen LogP) is 2.97. The smallest absolute Gasteiger partial charge is 0.410 e. The van der Waals surface area contributed by atoms with E-state index < -0.39 is 20.2 Å². The average molecular weight is 561 g/mol. The van der Waals surface area contributed by atoms with Crippen molar-refractivity contribution in [2.45, 2.75) is 64.7 Å². The molecule has 1 amide bonds. The van der Waals surface area contributed by atoms with Gasteiger partial charge in [0.25, 0.3) is 0 Å². The van der Waals surface area contributed by atoms with Crippen LogP contribution in [-0.2, 0) is 14.6 Å². The Morgan fingerprint density at radius 2 is 1.73 bits per heavy atom. The fourth-order valence-corrected chi connectivity index (χ4v) is 3.39. The van der Waals surface area contributed by atoms with Crippen molar-refractivity contribution in [3.63, 3.8) is 0 Å². The quantitative estimate of drug-likeness (QED) is 0.305. The molecule has 0 aliphatic carbocycles. The van der Waals surface area contributed by atoms with Crippen LogP contribution in [0.1, 0.15) is 54.4 Å². The average Bonchev–Trinajstić information content (AvgIpc) is 2.58. The first-order valence-corrected chi connectivity index (χ1v) is 12.2. The molecule has 1 aliphatic rings. The highest BCUT2D eigenvalue weighted by molar-refractivity contribution is 14.0. The number of rotatable bonds is 6. The molecule has 8 nitrogen and oxygen atoms in total. The van der Waals surface area contributed by atoms with Crippen LogP contribution in [0.3, 0.4) is 0 Å². The maximum Gasteiger partial charge on any atom is 0.410 e. The molecule has 0 aromatic rings. The number of aliphatic imine (C=N–C) groups is 1. The summed E-state index contributed by atoms with van der Waals surface area (Å²) in [7, 11) is -1.46. The van der Waals surface area contributed by atoms with Crippen LogP contribution in [0, 0.1) is 5.92 Å². The third-order valence-corrected chi connectivity index (χ3v) is 7.47. The lowest BCUT2D eigenvalue weighted by atomic mass is 9.96. The van der Waals surface area contributed by atoms with Crippen LogP contribution in [0.15, 0.2) is 4.99 Å². The number of guanidine groups is 1. The van der Waals surface area contributed by atoms with Gasteiger partial charge in [-0.25, -0.2) is 13.2 Å². The van der Waals surface area contributed by atoms with Crippen molar-refractivity contribution >= 4 is 45.9 Å². The first kappa shape index (κ1) is 29.2. The first-order valence-electron chi connectivity index (χ1n) is 10.3. The highest BCUT2D eigenvalue weighted by Crippen LogP contribution is 2.20. The normalized spacial score (nSPS) is 16.7. The number of hydrogen-bond acceptors (Lipinski definition) is 5. The molecule has 1 fully saturated rings. The summed E-state index contributed by atoms with van der Waals surface area (Å²) in [6.45, 7) is 14.3. The second kappa shape index (κ2) is 11.7. The van der Waals surface area contributed by atoms with Crippen molar-refractivity contribution in [1.82, 2.24) is 15.1 Å². The van der Waals surface area contributed by atoms with Crippen molar-refractivity contribution in [1.29, 1.82) is 0 Å². The Hall–Kier alpha value is -0.780. The van der Waals surface area contributed by atoms with Gasteiger partial charge in [-0.3, -0.25) is 4.99 Å². The van der Waals surface area contributed by atoms with Gasteiger partial charge in [-0.1, -0.05) is 0 Å². The largest absolute Gasteiger partial charge is 0.444 e. The van der Waals surface area contributed by atoms with Crippen LogP contribution in [-0.4, -0.2) is 86.6 Å². The van der Waals surface area contributed by atoms with Gasteiger partial charge in [0.2, 0.25) is 0 Å². The van der Waals surface area contributed by atoms with Crippen molar-refractivity contribution in [2.75, 3.05) is 46.0 Å². The molecule has 30 heavy (non-hydrogen) atoms. The number of hydrogen-bond donors (Lipinski definition) is 1. The van der Waals surface area contributed by atoms with Crippen LogP contribution in [0.25, 0.3) is 0 Å². The Balaban J connectivity index is 0.00000841. The number of likely N-dealkylation sites (tertiary alicyclic amines) is 1. The van der Waals surface area contributed by atoms with Gasteiger partial charge in [0.05, 0.1) is 4.75 Å². The van der Waals surface area contributed by atoms with Gasteiger partial charge in [-0.05, 0) is 60.3 Å². The van der Waals surface area contributed by atoms with Crippen molar-refractivity contribution in [3.05, 3.63) is 0 Å². The number of piperidine rings is 1. The second-order valence-corrected chi connectivity index (χ2v) is 12.0. The predicted molar refractivity (Wildman–Crippen MR) is 133 cm³/mol. The van der Waals surface area contributed by atoms with Gasteiger partial charge in [-0.15, -0.1) is 24.0 Å². The van der Waals surface area contributed by atoms with Crippen molar-refractivity contribution in [2.24, 2.45) is 10.9 Å².